The molecule has 0 atom stereocenters. The van der Waals surface area contributed by atoms with E-state index in [1.165, 1.54) is 0 Å². The highest BCUT2D eigenvalue weighted by atomic mass is 32.2. The first-order chi connectivity index (χ1) is 39.0. The molecule has 0 fully saturated rings. The molecule has 418 valence electrons. The third kappa shape index (κ3) is 9.82. The Hall–Kier alpha value is -9.40. The van der Waals surface area contributed by atoms with E-state index in [0.717, 1.165) is 83.1 Å². The number of pyridine rings is 6. The zero-order valence-electron chi connectivity index (χ0n) is 45.5. The molecule has 0 aliphatic rings. The van der Waals surface area contributed by atoms with Crippen molar-refractivity contribution in [2.24, 2.45) is 14.1 Å². The van der Waals surface area contributed by atoms with Gasteiger partial charge in [0, 0.05) is 109 Å². The van der Waals surface area contributed by atoms with Gasteiger partial charge in [-0.2, -0.15) is 0 Å². The van der Waals surface area contributed by atoms with Crippen molar-refractivity contribution in [2.75, 3.05) is 28.1 Å². The van der Waals surface area contributed by atoms with Gasteiger partial charge in [0.2, 0.25) is 25.9 Å². The van der Waals surface area contributed by atoms with Crippen molar-refractivity contribution in [3.05, 3.63) is 216 Å². The number of benzene rings is 2. The standard InChI is InChI=1S/C31H30N6O3S.C30H28N6O3S.CH4/c1-5-41(38,39)35-25-18-21(24-20-36(3)29-22(24)12-16-34-30(29)40-4)19-26-23(25)13-17-37(26)31(2,27-10-6-8-14-32-27)28-11-7-9-15-33-28;1-4-40(38,39)34-24-17-20(23-19-35(3)28-21(23)11-15-33-29(28)37)18-25-22(24)12-16-36(25)30(2,26-9-5-7-13-31-26)27-10-6-8-14-32-27;/h6-20,35H,5H2,1-4H3;5-19,34H,4H2,1-3H3,(H,33,37);1H4. The molecule has 0 saturated carbocycles. The molecule has 0 radical (unpaired) electrons. The van der Waals surface area contributed by atoms with Crippen LogP contribution in [0.3, 0.4) is 0 Å². The second-order valence-corrected chi connectivity index (χ2v) is 23.9. The van der Waals surface area contributed by atoms with E-state index in [2.05, 4.69) is 48.5 Å². The molecule has 10 aromatic heterocycles. The van der Waals surface area contributed by atoms with Gasteiger partial charge in [-0.15, -0.1) is 0 Å². The van der Waals surface area contributed by atoms with E-state index < -0.39 is 31.1 Å². The first-order valence-electron chi connectivity index (χ1n) is 26.1. The monoisotopic (exact) mass is 1130 g/mol. The molecule has 0 amide bonds. The summed E-state index contributed by atoms with van der Waals surface area (Å²) in [5.41, 5.74) is 8.66. The van der Waals surface area contributed by atoms with Crippen LogP contribution in [0.25, 0.3) is 65.9 Å². The topological polar surface area (TPSA) is 219 Å². The third-order valence-corrected chi connectivity index (χ3v) is 17.7. The fraction of sp³-hybridized carbons (Fsp3) is 0.194. The Morgan fingerprint density at radius 2 is 0.951 bits per heavy atom. The highest BCUT2D eigenvalue weighted by Gasteiger charge is 2.37. The highest BCUT2D eigenvalue weighted by molar-refractivity contribution is 7.92. The van der Waals surface area contributed by atoms with Crippen LogP contribution in [0.5, 0.6) is 5.88 Å². The molecule has 82 heavy (non-hydrogen) atoms. The summed E-state index contributed by atoms with van der Waals surface area (Å²) >= 11 is 0. The number of rotatable bonds is 15. The SMILES string of the molecule is C.CCS(=O)(=O)Nc1cc(-c2cn(C)c3c(=O)[nH]ccc23)cc2c1ccn2C(C)(c1ccccn1)c1ccccn1.CCS(=O)(=O)Nc1cc(-c2cn(C)c3c(OC)nccc23)cc2c1ccn2C(C)(c1ccccn1)c1ccccn1. The van der Waals surface area contributed by atoms with Gasteiger partial charge in [-0.25, -0.2) is 21.8 Å². The van der Waals surface area contributed by atoms with Gasteiger partial charge in [0.15, 0.2) is 0 Å². The first-order valence-corrected chi connectivity index (χ1v) is 29.4. The van der Waals surface area contributed by atoms with Crippen molar-refractivity contribution in [1.29, 1.82) is 0 Å². The Bertz CT molecular complexity index is 4520. The van der Waals surface area contributed by atoms with Crippen LogP contribution < -0.4 is 19.7 Å². The van der Waals surface area contributed by atoms with E-state index in [4.69, 9.17) is 24.7 Å². The minimum Gasteiger partial charge on any atom is -0.479 e. The van der Waals surface area contributed by atoms with Crippen LogP contribution in [0.4, 0.5) is 11.4 Å². The van der Waals surface area contributed by atoms with Gasteiger partial charge in [0.25, 0.3) is 5.56 Å². The number of ether oxygens (including phenoxy) is 1. The third-order valence-electron chi connectivity index (χ3n) is 15.1. The molecule has 0 saturated heterocycles. The van der Waals surface area contributed by atoms with Crippen molar-refractivity contribution in [3.63, 3.8) is 0 Å². The second kappa shape index (κ2) is 21.9. The number of hydrogen-bond donors (Lipinski definition) is 3. The van der Waals surface area contributed by atoms with Gasteiger partial charge in [-0.1, -0.05) is 31.7 Å². The minimum atomic E-state index is -3.58. The Balaban J connectivity index is 0.000000181. The average molecular weight is 1140 g/mol. The Morgan fingerprint density at radius 3 is 1.34 bits per heavy atom. The molecule has 0 aliphatic heterocycles. The maximum Gasteiger partial charge on any atom is 0.272 e. The van der Waals surface area contributed by atoms with E-state index in [0.29, 0.717) is 22.8 Å². The van der Waals surface area contributed by atoms with Gasteiger partial charge < -0.3 is 28.0 Å². The molecule has 0 unspecified atom stereocenters. The number of anilines is 2. The molecule has 0 spiro atoms. The van der Waals surface area contributed by atoms with Crippen molar-refractivity contribution >= 4 is 75.0 Å². The van der Waals surface area contributed by atoms with E-state index in [9.17, 15) is 21.6 Å². The van der Waals surface area contributed by atoms with Crippen LogP contribution in [-0.4, -0.2) is 83.6 Å². The second-order valence-electron chi connectivity index (χ2n) is 19.9. The van der Waals surface area contributed by atoms with Gasteiger partial charge in [0.1, 0.15) is 22.1 Å². The maximum absolute atomic E-state index is 12.8. The lowest BCUT2D eigenvalue weighted by atomic mass is 9.91. The number of nitrogens with one attached hydrogen (secondary N) is 3. The van der Waals surface area contributed by atoms with Gasteiger partial charge in [0.05, 0.1) is 63.8 Å². The summed E-state index contributed by atoms with van der Waals surface area (Å²) in [6.45, 7) is 7.35. The first kappa shape index (κ1) is 55.9. The molecule has 0 aliphatic carbocycles. The van der Waals surface area contributed by atoms with Gasteiger partial charge >= 0.3 is 0 Å². The lowest BCUT2D eigenvalue weighted by molar-refractivity contribution is 0.401. The Kier molecular flexibility index (Phi) is 14.9. The number of hydrogen-bond acceptors (Lipinski definition) is 11. The fourth-order valence-corrected chi connectivity index (χ4v) is 12.2. The van der Waals surface area contributed by atoms with Crippen LogP contribution in [0.1, 0.15) is 57.9 Å². The number of H-pyrrole nitrogens is 1. The number of nitrogens with zero attached hydrogens (tertiary/aromatic N) is 9. The van der Waals surface area contributed by atoms with E-state index in [-0.39, 0.29) is 24.5 Å². The van der Waals surface area contributed by atoms with Gasteiger partial charge in [-0.05, 0) is 136 Å². The Morgan fingerprint density at radius 1 is 0.537 bits per heavy atom. The maximum atomic E-state index is 12.8. The number of methoxy groups -OCH3 is 1. The van der Waals surface area contributed by atoms with Crippen molar-refractivity contribution < 1.29 is 21.6 Å². The summed E-state index contributed by atoms with van der Waals surface area (Å²) in [6.07, 6.45) is 18.2. The summed E-state index contributed by atoms with van der Waals surface area (Å²) in [5.74, 6) is 0.407. The number of aryl methyl sites for hydroxylation is 2. The van der Waals surface area contributed by atoms with E-state index in [1.54, 1.807) is 62.7 Å². The minimum absolute atomic E-state index is 0. The van der Waals surface area contributed by atoms with Crippen LogP contribution in [0.2, 0.25) is 0 Å². The molecule has 10 heterocycles. The van der Waals surface area contributed by atoms with Crippen LogP contribution in [0.15, 0.2) is 188 Å². The molecule has 20 heteroatoms. The fourth-order valence-electron chi connectivity index (χ4n) is 10.9. The van der Waals surface area contributed by atoms with Crippen LogP contribution in [0, 0.1) is 0 Å². The normalized spacial score (nSPS) is 12.1. The molecule has 0 bridgehead atoms. The molecular formula is C62H62N12O6S2. The van der Waals surface area contributed by atoms with E-state index >= 15 is 0 Å². The lowest BCUT2D eigenvalue weighted by Crippen LogP contribution is -2.34. The van der Waals surface area contributed by atoms with E-state index in [1.807, 2.05) is 159 Å². The quantitative estimate of drug-likeness (QED) is 0.0877. The summed E-state index contributed by atoms with van der Waals surface area (Å²) in [7, 11) is -1.78. The molecule has 3 N–H and O–H groups in total. The zero-order chi connectivity index (χ0) is 56.8. The zero-order valence-corrected chi connectivity index (χ0v) is 47.2. The van der Waals surface area contributed by atoms with Crippen molar-refractivity contribution in [3.8, 4) is 28.1 Å². The number of sulfonamides is 2. The number of aromatic nitrogens is 10. The number of aromatic amines is 1. The summed E-state index contributed by atoms with van der Waals surface area (Å²) < 4.78 is 70.4. The predicted octanol–water partition coefficient (Wildman–Crippen LogP) is 11.1. The van der Waals surface area contributed by atoms with Crippen LogP contribution in [-0.2, 0) is 45.2 Å². The molecule has 2 aromatic carbocycles. The predicted molar refractivity (Wildman–Crippen MR) is 326 cm³/mol. The smallest absolute Gasteiger partial charge is 0.272 e. The molecule has 18 nitrogen and oxygen atoms in total. The van der Waals surface area contributed by atoms with Gasteiger partial charge in [-0.3, -0.25) is 34.2 Å². The van der Waals surface area contributed by atoms with Crippen molar-refractivity contribution in [1.82, 2.24) is 48.2 Å². The summed E-state index contributed by atoms with van der Waals surface area (Å²) in [5, 5.41) is 3.21. The summed E-state index contributed by atoms with van der Waals surface area (Å²) in [4.78, 5) is 38.6. The molecule has 12 aromatic rings. The highest BCUT2D eigenvalue weighted by Crippen LogP contribution is 2.43. The van der Waals surface area contributed by atoms with Crippen molar-refractivity contribution in [2.45, 2.75) is 46.2 Å². The largest absolute Gasteiger partial charge is 0.479 e. The average Bonchev–Trinajstić information content (AvgIpc) is 4.14. The molecule has 12 rings (SSSR count). The van der Waals surface area contributed by atoms with Crippen LogP contribution >= 0.6 is 0 Å². The summed E-state index contributed by atoms with van der Waals surface area (Å²) in [6, 6.07) is 38.7. The molecular weight excluding hydrogens is 1070 g/mol. The number of fused-ring (bicyclic) bond motifs is 4. The lowest BCUT2D eigenvalue weighted by Gasteiger charge is -2.32. The Labute approximate surface area is 475 Å².